The van der Waals surface area contributed by atoms with Gasteiger partial charge >= 0.3 is 5.97 Å². The van der Waals surface area contributed by atoms with Crippen LogP contribution >= 0.6 is 0 Å². The van der Waals surface area contributed by atoms with Gasteiger partial charge in [-0.25, -0.2) is 0 Å². The van der Waals surface area contributed by atoms with Crippen LogP contribution in [0.25, 0.3) is 11.6 Å². The highest BCUT2D eigenvalue weighted by atomic mass is 16.5. The summed E-state index contributed by atoms with van der Waals surface area (Å²) in [6.45, 7) is -0.158. The van der Waals surface area contributed by atoms with E-state index in [-0.39, 0.29) is 12.5 Å². The molecule has 0 radical (unpaired) electrons. The van der Waals surface area contributed by atoms with Crippen molar-refractivity contribution in [2.45, 2.75) is 0 Å². The molecule has 1 amide bonds. The number of hydrogen-bond acceptors (Lipinski definition) is 3. The molecule has 0 heterocycles. The number of benzene rings is 2. The first-order valence-electron chi connectivity index (χ1n) is 6.88. The minimum atomic E-state index is -0.486. The molecule has 0 aliphatic rings. The maximum Gasteiger partial charge on any atom is 0.325 e. The minimum Gasteiger partial charge on any atom is -0.468 e. The van der Waals surface area contributed by atoms with E-state index in [9.17, 15) is 9.59 Å². The van der Waals surface area contributed by atoms with Crippen molar-refractivity contribution in [1.82, 2.24) is 5.32 Å². The number of ether oxygens (including phenoxy) is 1. The van der Waals surface area contributed by atoms with Crippen LogP contribution in [0.15, 0.2) is 60.7 Å². The molecule has 0 saturated heterocycles. The average molecular weight is 295 g/mol. The van der Waals surface area contributed by atoms with Crippen LogP contribution in [0, 0.1) is 0 Å². The molecule has 22 heavy (non-hydrogen) atoms. The van der Waals surface area contributed by atoms with Crippen LogP contribution in [0.1, 0.15) is 11.1 Å². The quantitative estimate of drug-likeness (QED) is 0.524. The van der Waals surface area contributed by atoms with Gasteiger partial charge in [0.05, 0.1) is 7.11 Å². The van der Waals surface area contributed by atoms with Gasteiger partial charge in [0.25, 0.3) is 5.91 Å². The molecule has 2 aromatic carbocycles. The van der Waals surface area contributed by atoms with E-state index in [2.05, 4.69) is 10.1 Å². The smallest absolute Gasteiger partial charge is 0.325 e. The first-order chi connectivity index (χ1) is 10.7. The normalized spacial score (nSPS) is 10.9. The Balaban J connectivity index is 2.28. The topological polar surface area (TPSA) is 55.4 Å². The lowest BCUT2D eigenvalue weighted by Gasteiger charge is -2.09. The average Bonchev–Trinajstić information content (AvgIpc) is 2.59. The minimum absolute atomic E-state index is 0.158. The highest BCUT2D eigenvalue weighted by Crippen LogP contribution is 2.18. The Kier molecular flexibility index (Phi) is 5.49. The predicted molar refractivity (Wildman–Crippen MR) is 85.8 cm³/mol. The van der Waals surface area contributed by atoms with Gasteiger partial charge in [-0.2, -0.15) is 0 Å². The molecule has 0 unspecified atom stereocenters. The Labute approximate surface area is 129 Å². The summed E-state index contributed by atoms with van der Waals surface area (Å²) in [5, 5.41) is 2.57. The lowest BCUT2D eigenvalue weighted by atomic mass is 10.0. The summed E-state index contributed by atoms with van der Waals surface area (Å²) >= 11 is 0. The monoisotopic (exact) mass is 295 g/mol. The summed E-state index contributed by atoms with van der Waals surface area (Å²) in [7, 11) is 1.28. The van der Waals surface area contributed by atoms with E-state index in [0.717, 1.165) is 11.1 Å². The number of esters is 1. The molecule has 0 aliphatic heterocycles. The lowest BCUT2D eigenvalue weighted by molar-refractivity contribution is -0.140. The molecular formula is C18H17NO3. The van der Waals surface area contributed by atoms with Crippen molar-refractivity contribution >= 4 is 23.5 Å². The summed E-state index contributed by atoms with van der Waals surface area (Å²) in [5.41, 5.74) is 2.19. The molecule has 0 aromatic heterocycles. The van der Waals surface area contributed by atoms with Crippen LogP contribution in [0.4, 0.5) is 0 Å². The van der Waals surface area contributed by atoms with Crippen molar-refractivity contribution in [3.63, 3.8) is 0 Å². The Morgan fingerprint density at radius 1 is 1.00 bits per heavy atom. The number of hydrogen-bond donors (Lipinski definition) is 1. The summed E-state index contributed by atoms with van der Waals surface area (Å²) in [6, 6.07) is 18.9. The highest BCUT2D eigenvalue weighted by Gasteiger charge is 2.13. The first-order valence-corrected chi connectivity index (χ1v) is 6.88. The van der Waals surface area contributed by atoms with Gasteiger partial charge in [0, 0.05) is 5.57 Å². The zero-order chi connectivity index (χ0) is 15.8. The number of nitrogens with one attached hydrogen (secondary N) is 1. The second-order valence-corrected chi connectivity index (χ2v) is 4.59. The molecule has 4 nitrogen and oxygen atoms in total. The molecule has 2 aromatic rings. The molecule has 0 aliphatic carbocycles. The van der Waals surface area contributed by atoms with E-state index in [4.69, 9.17) is 0 Å². The van der Waals surface area contributed by atoms with Gasteiger partial charge in [0.1, 0.15) is 6.54 Å². The Bertz CT molecular complexity index is 663. The number of carbonyl (C=O) groups excluding carboxylic acids is 2. The molecule has 0 fully saturated rings. The van der Waals surface area contributed by atoms with Crippen molar-refractivity contribution in [3.8, 4) is 0 Å². The number of amides is 1. The second kappa shape index (κ2) is 7.78. The zero-order valence-electron chi connectivity index (χ0n) is 12.3. The van der Waals surface area contributed by atoms with Crippen LogP contribution in [-0.2, 0) is 14.3 Å². The van der Waals surface area contributed by atoms with Gasteiger partial charge in [-0.05, 0) is 17.2 Å². The molecule has 0 atom stereocenters. The van der Waals surface area contributed by atoms with Gasteiger partial charge in [0.2, 0.25) is 0 Å². The molecule has 0 saturated carbocycles. The summed E-state index contributed by atoms with van der Waals surface area (Å²) < 4.78 is 4.53. The predicted octanol–water partition coefficient (Wildman–Crippen LogP) is 2.52. The summed E-state index contributed by atoms with van der Waals surface area (Å²) in [6.07, 6.45) is 1.79. The summed E-state index contributed by atoms with van der Waals surface area (Å²) in [5.74, 6) is -0.805. The third-order valence-electron chi connectivity index (χ3n) is 3.06. The van der Waals surface area contributed by atoms with Crippen molar-refractivity contribution in [2.75, 3.05) is 13.7 Å². The van der Waals surface area contributed by atoms with Crippen molar-refractivity contribution < 1.29 is 14.3 Å². The molecule has 0 spiro atoms. The zero-order valence-corrected chi connectivity index (χ0v) is 12.3. The van der Waals surface area contributed by atoms with Crippen LogP contribution in [0.5, 0.6) is 0 Å². The van der Waals surface area contributed by atoms with E-state index < -0.39 is 5.97 Å². The van der Waals surface area contributed by atoms with Gasteiger partial charge in [-0.1, -0.05) is 60.7 Å². The summed E-state index contributed by atoms with van der Waals surface area (Å²) in [4.78, 5) is 23.6. The maximum absolute atomic E-state index is 12.4. The third-order valence-corrected chi connectivity index (χ3v) is 3.06. The van der Waals surface area contributed by atoms with Crippen molar-refractivity contribution in [2.24, 2.45) is 0 Å². The third kappa shape index (κ3) is 4.31. The van der Waals surface area contributed by atoms with E-state index in [1.54, 1.807) is 6.08 Å². The highest BCUT2D eigenvalue weighted by molar-refractivity contribution is 6.24. The standard InChI is InChI=1S/C18H17NO3/c1-22-17(20)13-19-18(21)16(15-10-6-3-7-11-15)12-14-8-4-2-5-9-14/h2-12H,13H2,1H3,(H,19,21). The Hall–Kier alpha value is -2.88. The number of carbonyl (C=O) groups is 2. The van der Waals surface area contributed by atoms with Gasteiger partial charge in [-0.3, -0.25) is 9.59 Å². The Morgan fingerprint density at radius 2 is 1.59 bits per heavy atom. The largest absolute Gasteiger partial charge is 0.468 e. The van der Waals surface area contributed by atoms with Crippen LogP contribution in [0.2, 0.25) is 0 Å². The molecule has 0 bridgehead atoms. The van der Waals surface area contributed by atoms with Gasteiger partial charge in [0.15, 0.2) is 0 Å². The van der Waals surface area contributed by atoms with Crippen LogP contribution in [-0.4, -0.2) is 25.5 Å². The molecular weight excluding hydrogens is 278 g/mol. The fourth-order valence-corrected chi connectivity index (χ4v) is 1.93. The number of rotatable bonds is 5. The molecule has 1 N–H and O–H groups in total. The maximum atomic E-state index is 12.4. The van der Waals surface area contributed by atoms with E-state index in [0.29, 0.717) is 5.57 Å². The number of methoxy groups -OCH3 is 1. The molecule has 112 valence electrons. The van der Waals surface area contributed by atoms with Gasteiger partial charge in [-0.15, -0.1) is 0 Å². The lowest BCUT2D eigenvalue weighted by Crippen LogP contribution is -2.30. The Morgan fingerprint density at radius 3 is 2.18 bits per heavy atom. The SMILES string of the molecule is COC(=O)CNC(=O)C(=Cc1ccccc1)c1ccccc1. The fraction of sp³-hybridized carbons (Fsp3) is 0.111. The second-order valence-electron chi connectivity index (χ2n) is 4.59. The fourth-order valence-electron chi connectivity index (χ4n) is 1.93. The molecule has 2 rings (SSSR count). The van der Waals surface area contributed by atoms with Crippen molar-refractivity contribution in [3.05, 3.63) is 71.8 Å². The van der Waals surface area contributed by atoms with Crippen LogP contribution in [0.3, 0.4) is 0 Å². The van der Waals surface area contributed by atoms with E-state index in [1.807, 2.05) is 60.7 Å². The van der Waals surface area contributed by atoms with E-state index >= 15 is 0 Å². The van der Waals surface area contributed by atoms with E-state index in [1.165, 1.54) is 7.11 Å². The van der Waals surface area contributed by atoms with Crippen molar-refractivity contribution in [1.29, 1.82) is 0 Å². The van der Waals surface area contributed by atoms with Gasteiger partial charge < -0.3 is 10.1 Å². The first kappa shape index (κ1) is 15.5. The molecule has 4 heteroatoms. The van der Waals surface area contributed by atoms with Crippen LogP contribution < -0.4 is 5.32 Å².